The minimum atomic E-state index is -0.599. The van der Waals surface area contributed by atoms with Gasteiger partial charge >= 0.3 is 0 Å². The van der Waals surface area contributed by atoms with Crippen molar-refractivity contribution in [3.63, 3.8) is 0 Å². The third-order valence-electron chi connectivity index (χ3n) is 5.89. The number of carbonyl (C=O) groups excluding carboxylic acids is 2. The fraction of sp³-hybridized carbons (Fsp3) is 0.462. The number of carbonyl (C=O) groups is 2. The van der Waals surface area contributed by atoms with Gasteiger partial charge in [-0.1, -0.05) is 25.1 Å². The van der Waals surface area contributed by atoms with Gasteiger partial charge < -0.3 is 24.4 Å². The van der Waals surface area contributed by atoms with Gasteiger partial charge in [0.15, 0.2) is 11.5 Å². The lowest BCUT2D eigenvalue weighted by Crippen LogP contribution is -2.49. The fourth-order valence-corrected chi connectivity index (χ4v) is 3.65. The van der Waals surface area contributed by atoms with E-state index in [1.165, 1.54) is 0 Å². The van der Waals surface area contributed by atoms with Crippen molar-refractivity contribution in [1.82, 2.24) is 10.2 Å². The second kappa shape index (κ2) is 11.6. The molecule has 1 aliphatic heterocycles. The van der Waals surface area contributed by atoms with Crippen molar-refractivity contribution >= 4 is 11.8 Å². The Morgan fingerprint density at radius 2 is 1.82 bits per heavy atom. The molecule has 1 aliphatic rings. The number of ether oxygens (including phenoxy) is 3. The molecule has 0 radical (unpaired) electrons. The predicted molar refractivity (Wildman–Crippen MR) is 127 cm³/mol. The Balaban J connectivity index is 1.73. The summed E-state index contributed by atoms with van der Waals surface area (Å²) in [6, 6.07) is 12.8. The van der Waals surface area contributed by atoms with E-state index in [9.17, 15) is 9.59 Å². The van der Waals surface area contributed by atoms with E-state index in [1.807, 2.05) is 56.3 Å². The second-order valence-corrected chi connectivity index (χ2v) is 8.35. The van der Waals surface area contributed by atoms with Crippen LogP contribution < -0.4 is 19.5 Å². The molecule has 1 N–H and O–H groups in total. The van der Waals surface area contributed by atoms with E-state index < -0.39 is 6.04 Å². The van der Waals surface area contributed by atoms with Crippen LogP contribution in [0.1, 0.15) is 44.7 Å². The number of aryl methyl sites for hydroxylation is 1. The van der Waals surface area contributed by atoms with Crippen LogP contribution in [0, 0.1) is 0 Å². The second-order valence-electron chi connectivity index (χ2n) is 8.35. The molecule has 1 heterocycles. The van der Waals surface area contributed by atoms with Crippen LogP contribution in [0.3, 0.4) is 0 Å². The van der Waals surface area contributed by atoms with E-state index in [0.717, 1.165) is 23.3 Å². The summed E-state index contributed by atoms with van der Waals surface area (Å²) in [5, 5.41) is 2.99. The van der Waals surface area contributed by atoms with Crippen LogP contribution in [0.4, 0.5) is 0 Å². The lowest BCUT2D eigenvalue weighted by molar-refractivity contribution is -0.140. The predicted octanol–water partition coefficient (Wildman–Crippen LogP) is 3.73. The molecule has 7 nitrogen and oxygen atoms in total. The summed E-state index contributed by atoms with van der Waals surface area (Å²) < 4.78 is 16.5. The first-order chi connectivity index (χ1) is 15.9. The molecule has 2 amide bonds. The maximum atomic E-state index is 13.3. The van der Waals surface area contributed by atoms with Crippen LogP contribution in [-0.4, -0.2) is 49.1 Å². The first-order valence-corrected chi connectivity index (χ1v) is 11.5. The molecule has 0 saturated carbocycles. The van der Waals surface area contributed by atoms with Gasteiger partial charge in [-0.05, 0) is 62.1 Å². The van der Waals surface area contributed by atoms with Gasteiger partial charge in [0, 0.05) is 19.0 Å². The van der Waals surface area contributed by atoms with Crippen LogP contribution in [0.15, 0.2) is 42.5 Å². The van der Waals surface area contributed by atoms with Crippen molar-refractivity contribution in [2.45, 2.75) is 58.7 Å². The van der Waals surface area contributed by atoms with Crippen LogP contribution in [-0.2, 0) is 22.6 Å². The lowest BCUT2D eigenvalue weighted by atomic mass is 10.1. The molecule has 178 valence electrons. The average molecular weight is 455 g/mol. The highest BCUT2D eigenvalue weighted by molar-refractivity contribution is 5.87. The number of fused-ring (bicyclic) bond motifs is 1. The zero-order chi connectivity index (χ0) is 23.8. The molecule has 0 aliphatic carbocycles. The number of nitrogens with one attached hydrogen (secondary N) is 1. The normalized spacial score (nSPS) is 14.2. The summed E-state index contributed by atoms with van der Waals surface area (Å²) in [5.74, 6) is 1.92. The van der Waals surface area contributed by atoms with E-state index in [0.29, 0.717) is 37.7 Å². The molecule has 0 spiro atoms. The summed E-state index contributed by atoms with van der Waals surface area (Å²) in [6.45, 7) is 7.14. The maximum absolute atomic E-state index is 13.3. The zero-order valence-electron chi connectivity index (χ0n) is 19.9. The van der Waals surface area contributed by atoms with Gasteiger partial charge in [-0.2, -0.15) is 0 Å². The Bertz CT molecular complexity index is 961. The van der Waals surface area contributed by atoms with Gasteiger partial charge in [-0.25, -0.2) is 0 Å². The Labute approximate surface area is 196 Å². The molecule has 3 rings (SSSR count). The SMILES string of the molecule is CC[C@@H](C)NC(=O)[C@@H](C)N(Cc1cccc(OC)c1)C(=O)CCc1ccc2c(c1)OCCO2. The first kappa shape index (κ1) is 24.4. The number of methoxy groups -OCH3 is 1. The third kappa shape index (κ3) is 6.63. The summed E-state index contributed by atoms with van der Waals surface area (Å²) in [4.78, 5) is 27.8. The number of benzene rings is 2. The van der Waals surface area contributed by atoms with Crippen molar-refractivity contribution < 1.29 is 23.8 Å². The van der Waals surface area contributed by atoms with Crippen molar-refractivity contribution in [2.24, 2.45) is 0 Å². The molecule has 0 aromatic heterocycles. The standard InChI is InChI=1S/C26H34N2O5/c1-5-18(2)27-26(30)19(3)28(17-21-7-6-8-22(15-21)31-4)25(29)12-10-20-9-11-23-24(16-20)33-14-13-32-23/h6-9,11,15-16,18-19H,5,10,12-14,17H2,1-4H3,(H,27,30)/t18-,19-/m1/s1. The summed E-state index contributed by atoms with van der Waals surface area (Å²) >= 11 is 0. The molecule has 0 fully saturated rings. The number of hydrogen-bond acceptors (Lipinski definition) is 5. The van der Waals surface area contributed by atoms with E-state index >= 15 is 0 Å². The highest BCUT2D eigenvalue weighted by Gasteiger charge is 2.27. The molecule has 7 heteroatoms. The summed E-state index contributed by atoms with van der Waals surface area (Å²) in [6.07, 6.45) is 1.65. The van der Waals surface area contributed by atoms with E-state index in [4.69, 9.17) is 14.2 Å². The largest absolute Gasteiger partial charge is 0.497 e. The van der Waals surface area contributed by atoms with E-state index in [1.54, 1.807) is 18.9 Å². The van der Waals surface area contributed by atoms with Crippen molar-refractivity contribution in [3.05, 3.63) is 53.6 Å². The Morgan fingerprint density at radius 1 is 1.06 bits per heavy atom. The average Bonchev–Trinajstić information content (AvgIpc) is 2.85. The van der Waals surface area contributed by atoms with Crippen LogP contribution in [0.2, 0.25) is 0 Å². The Morgan fingerprint density at radius 3 is 2.55 bits per heavy atom. The molecule has 2 aromatic carbocycles. The van der Waals surface area contributed by atoms with Crippen molar-refractivity contribution in [3.8, 4) is 17.2 Å². The zero-order valence-corrected chi connectivity index (χ0v) is 19.9. The monoisotopic (exact) mass is 454 g/mol. The fourth-order valence-electron chi connectivity index (χ4n) is 3.65. The van der Waals surface area contributed by atoms with Crippen LogP contribution >= 0.6 is 0 Å². The third-order valence-corrected chi connectivity index (χ3v) is 5.89. The van der Waals surface area contributed by atoms with Crippen molar-refractivity contribution in [1.29, 1.82) is 0 Å². The van der Waals surface area contributed by atoms with E-state index in [-0.39, 0.29) is 24.3 Å². The Hall–Kier alpha value is -3.22. The molecular formula is C26H34N2O5. The molecule has 0 unspecified atom stereocenters. The molecule has 0 saturated heterocycles. The topological polar surface area (TPSA) is 77.1 Å². The number of hydrogen-bond donors (Lipinski definition) is 1. The molecule has 0 bridgehead atoms. The van der Waals surface area contributed by atoms with Crippen molar-refractivity contribution in [2.75, 3.05) is 20.3 Å². The van der Waals surface area contributed by atoms with Gasteiger partial charge in [0.2, 0.25) is 11.8 Å². The molecule has 33 heavy (non-hydrogen) atoms. The Kier molecular flexibility index (Phi) is 8.58. The molecule has 2 aromatic rings. The minimum Gasteiger partial charge on any atom is -0.497 e. The van der Waals surface area contributed by atoms with Gasteiger partial charge in [-0.15, -0.1) is 0 Å². The van der Waals surface area contributed by atoms with Gasteiger partial charge in [0.1, 0.15) is 25.0 Å². The number of rotatable bonds is 10. The van der Waals surface area contributed by atoms with Gasteiger partial charge in [0.25, 0.3) is 0 Å². The lowest BCUT2D eigenvalue weighted by Gasteiger charge is -2.30. The van der Waals surface area contributed by atoms with Crippen LogP contribution in [0.25, 0.3) is 0 Å². The van der Waals surface area contributed by atoms with E-state index in [2.05, 4.69) is 5.32 Å². The van der Waals surface area contributed by atoms with Crippen LogP contribution in [0.5, 0.6) is 17.2 Å². The number of amides is 2. The maximum Gasteiger partial charge on any atom is 0.242 e. The smallest absolute Gasteiger partial charge is 0.242 e. The summed E-state index contributed by atoms with van der Waals surface area (Å²) in [7, 11) is 1.61. The van der Waals surface area contributed by atoms with Gasteiger partial charge in [0.05, 0.1) is 7.11 Å². The minimum absolute atomic E-state index is 0.0476. The highest BCUT2D eigenvalue weighted by Crippen LogP contribution is 2.31. The molecule has 2 atom stereocenters. The summed E-state index contributed by atoms with van der Waals surface area (Å²) in [5.41, 5.74) is 1.90. The quantitative estimate of drug-likeness (QED) is 0.592. The first-order valence-electron chi connectivity index (χ1n) is 11.5. The van der Waals surface area contributed by atoms with Gasteiger partial charge in [-0.3, -0.25) is 9.59 Å². The number of nitrogens with zero attached hydrogens (tertiary/aromatic N) is 1. The highest BCUT2D eigenvalue weighted by atomic mass is 16.6. The molecular weight excluding hydrogens is 420 g/mol.